The first-order valence-corrected chi connectivity index (χ1v) is 14.1. The number of amides is 3. The fourth-order valence-electron chi connectivity index (χ4n) is 4.66. The highest BCUT2D eigenvalue weighted by molar-refractivity contribution is 7.18. The maximum atomic E-state index is 14.1. The number of morpholine rings is 1. The van der Waals surface area contributed by atoms with Crippen LogP contribution >= 0.6 is 22.9 Å². The molecule has 1 atom stereocenters. The number of anilines is 2. The Bertz CT molecular complexity index is 1260. The van der Waals surface area contributed by atoms with Gasteiger partial charge in [-0.05, 0) is 49.1 Å². The highest BCUT2D eigenvalue weighted by Crippen LogP contribution is 2.33. The van der Waals surface area contributed by atoms with Gasteiger partial charge < -0.3 is 20.3 Å². The molecule has 224 valence electrons. The largest absolute Gasteiger partial charge is 0.401 e. The Balaban J connectivity index is 1.59. The topological polar surface area (TPSA) is 91.0 Å². The van der Waals surface area contributed by atoms with Crippen LogP contribution in [-0.2, 0) is 14.3 Å². The quantitative estimate of drug-likeness (QED) is 0.340. The van der Waals surface area contributed by atoms with Crippen molar-refractivity contribution in [2.24, 2.45) is 5.92 Å². The molecule has 8 nitrogen and oxygen atoms in total. The van der Waals surface area contributed by atoms with Gasteiger partial charge in [0.15, 0.2) is 0 Å². The lowest BCUT2D eigenvalue weighted by Gasteiger charge is -2.37. The number of halogens is 6. The van der Waals surface area contributed by atoms with E-state index in [0.717, 1.165) is 28.7 Å². The third-order valence-corrected chi connectivity index (χ3v) is 8.15. The summed E-state index contributed by atoms with van der Waals surface area (Å²) in [6, 6.07) is 5.00. The second-order valence-electron chi connectivity index (χ2n) is 9.83. The maximum Gasteiger partial charge on any atom is 0.401 e. The Labute approximate surface area is 241 Å². The summed E-state index contributed by atoms with van der Waals surface area (Å²) in [5, 5.41) is 4.84. The monoisotopic (exact) mass is 622 g/mol. The number of hydrogen-bond acceptors (Lipinski definition) is 6. The van der Waals surface area contributed by atoms with Crippen molar-refractivity contribution in [3.8, 4) is 0 Å². The number of ether oxygens (including phenoxy) is 1. The number of benzene rings is 1. The zero-order chi connectivity index (χ0) is 29.7. The second kappa shape index (κ2) is 13.4. The van der Waals surface area contributed by atoms with Crippen LogP contribution in [0.15, 0.2) is 30.3 Å². The van der Waals surface area contributed by atoms with Crippen LogP contribution in [0.3, 0.4) is 0 Å². The van der Waals surface area contributed by atoms with Crippen LogP contribution < -0.4 is 15.5 Å². The molecular formula is C26H28ClF5N4O4S. The molecule has 1 aromatic heterocycles. The van der Waals surface area contributed by atoms with Gasteiger partial charge in [-0.1, -0.05) is 18.0 Å². The fourth-order valence-corrected chi connectivity index (χ4v) is 5.62. The lowest BCUT2D eigenvalue weighted by Crippen LogP contribution is -2.55. The number of nitrogens with one attached hydrogen (secondary N) is 2. The zero-order valence-corrected chi connectivity index (χ0v) is 23.3. The summed E-state index contributed by atoms with van der Waals surface area (Å²) < 4.78 is 74.3. The van der Waals surface area contributed by atoms with E-state index >= 15 is 0 Å². The molecule has 1 aromatic carbocycles. The third kappa shape index (κ3) is 8.37. The van der Waals surface area contributed by atoms with Crippen molar-refractivity contribution >= 4 is 52.0 Å². The van der Waals surface area contributed by atoms with E-state index in [1.807, 2.05) is 0 Å². The van der Waals surface area contributed by atoms with E-state index in [1.165, 1.54) is 29.2 Å². The van der Waals surface area contributed by atoms with Gasteiger partial charge in [0.25, 0.3) is 18.2 Å². The predicted molar refractivity (Wildman–Crippen MR) is 144 cm³/mol. The van der Waals surface area contributed by atoms with Gasteiger partial charge in [0.1, 0.15) is 12.6 Å². The minimum absolute atomic E-state index is 0.0575. The molecule has 1 aliphatic carbocycles. The van der Waals surface area contributed by atoms with E-state index in [1.54, 1.807) is 0 Å². The number of alkyl halides is 5. The average Bonchev–Trinajstić information content (AvgIpc) is 3.32. The summed E-state index contributed by atoms with van der Waals surface area (Å²) in [7, 11) is 0. The van der Waals surface area contributed by atoms with Crippen molar-refractivity contribution < 1.29 is 41.1 Å². The van der Waals surface area contributed by atoms with Crippen LogP contribution in [0.4, 0.5) is 33.3 Å². The van der Waals surface area contributed by atoms with Gasteiger partial charge in [0.05, 0.1) is 22.4 Å². The van der Waals surface area contributed by atoms with Gasteiger partial charge in [-0.2, -0.15) is 13.2 Å². The van der Waals surface area contributed by atoms with Crippen LogP contribution in [0.2, 0.25) is 4.34 Å². The lowest BCUT2D eigenvalue weighted by molar-refractivity contribution is -0.155. The summed E-state index contributed by atoms with van der Waals surface area (Å²) in [4.78, 5) is 40.7. The van der Waals surface area contributed by atoms with E-state index in [2.05, 4.69) is 10.6 Å². The number of nitrogens with zero attached hydrogens (tertiary/aromatic N) is 2. The Morgan fingerprint density at radius 3 is 2.54 bits per heavy atom. The van der Waals surface area contributed by atoms with Crippen molar-refractivity contribution in [2.45, 2.75) is 37.9 Å². The standard InChI is InChI=1S/C26H28ClF5N4O4S/c27-21-7-6-20(41-21)25(39)33-11-19(35(14-26(30,31)32)12-15-2-1-3-15)24(38)34-18-5-4-16(10-17(18)23(28)29)36-8-9-40-13-22(36)37/h4-7,10,15,19,23H,1-3,8-9,11-14H2,(H,33,39)(H,34,38)/t19-/m1/s1. The minimum Gasteiger partial charge on any atom is -0.370 e. The Morgan fingerprint density at radius 1 is 1.20 bits per heavy atom. The summed E-state index contributed by atoms with van der Waals surface area (Å²) in [6.45, 7) is -1.83. The summed E-state index contributed by atoms with van der Waals surface area (Å²) in [5.74, 6) is -2.12. The van der Waals surface area contributed by atoms with Crippen LogP contribution in [0, 0.1) is 5.92 Å². The molecule has 15 heteroatoms. The first kappa shape index (κ1) is 31.1. The molecule has 1 saturated heterocycles. The van der Waals surface area contributed by atoms with Crippen LogP contribution in [0.5, 0.6) is 0 Å². The van der Waals surface area contributed by atoms with E-state index in [4.69, 9.17) is 16.3 Å². The van der Waals surface area contributed by atoms with E-state index < -0.39 is 55.0 Å². The first-order valence-electron chi connectivity index (χ1n) is 12.9. The van der Waals surface area contributed by atoms with Crippen molar-refractivity contribution in [2.75, 3.05) is 49.6 Å². The average molecular weight is 623 g/mol. The smallest absolute Gasteiger partial charge is 0.370 e. The molecule has 1 saturated carbocycles. The molecule has 0 unspecified atom stereocenters. The van der Waals surface area contributed by atoms with E-state index in [-0.39, 0.29) is 48.5 Å². The summed E-state index contributed by atoms with van der Waals surface area (Å²) >= 11 is 6.83. The van der Waals surface area contributed by atoms with Crippen molar-refractivity contribution in [1.29, 1.82) is 0 Å². The van der Waals surface area contributed by atoms with Gasteiger partial charge in [0.2, 0.25) is 5.91 Å². The maximum absolute atomic E-state index is 14.1. The molecule has 41 heavy (non-hydrogen) atoms. The molecular weight excluding hydrogens is 595 g/mol. The van der Waals surface area contributed by atoms with Crippen molar-refractivity contribution in [3.05, 3.63) is 45.1 Å². The van der Waals surface area contributed by atoms with Gasteiger partial charge >= 0.3 is 6.18 Å². The SMILES string of the molecule is O=C(NC[C@H](C(=O)Nc1ccc(N2CCOCC2=O)cc1C(F)F)N(CC1CCC1)CC(F)(F)F)c1ccc(Cl)s1. The Kier molecular flexibility index (Phi) is 10.2. The molecule has 0 radical (unpaired) electrons. The molecule has 0 spiro atoms. The fraction of sp³-hybridized carbons (Fsp3) is 0.500. The predicted octanol–water partition coefficient (Wildman–Crippen LogP) is 5.10. The number of rotatable bonds is 11. The first-order chi connectivity index (χ1) is 19.4. The minimum atomic E-state index is -4.66. The van der Waals surface area contributed by atoms with Gasteiger partial charge in [-0.25, -0.2) is 8.78 Å². The third-order valence-electron chi connectivity index (χ3n) is 6.92. The van der Waals surface area contributed by atoms with Gasteiger partial charge in [0, 0.05) is 36.6 Å². The van der Waals surface area contributed by atoms with E-state index in [0.29, 0.717) is 17.2 Å². The van der Waals surface area contributed by atoms with Crippen LogP contribution in [0.1, 0.15) is 40.9 Å². The van der Waals surface area contributed by atoms with Gasteiger partial charge in [-0.15, -0.1) is 11.3 Å². The number of carbonyl (C=O) groups is 3. The molecule has 2 aromatic rings. The number of thiophene rings is 1. The zero-order valence-electron chi connectivity index (χ0n) is 21.7. The second-order valence-corrected chi connectivity index (χ2v) is 11.5. The lowest BCUT2D eigenvalue weighted by atomic mass is 9.84. The van der Waals surface area contributed by atoms with Crippen molar-refractivity contribution in [3.63, 3.8) is 0 Å². The summed E-state index contributed by atoms with van der Waals surface area (Å²) in [6.07, 6.45) is -5.48. The normalized spacial score (nSPS) is 17.1. The van der Waals surface area contributed by atoms with Crippen LogP contribution in [0.25, 0.3) is 0 Å². The Hall–Kier alpha value is -2.81. The molecule has 0 bridgehead atoms. The molecule has 2 heterocycles. The summed E-state index contributed by atoms with van der Waals surface area (Å²) in [5.41, 5.74) is -0.743. The van der Waals surface area contributed by atoms with Crippen LogP contribution in [-0.4, -0.2) is 74.2 Å². The highest BCUT2D eigenvalue weighted by atomic mass is 35.5. The van der Waals surface area contributed by atoms with Crippen molar-refractivity contribution in [1.82, 2.24) is 10.2 Å². The molecule has 3 amide bonds. The number of hydrogen-bond donors (Lipinski definition) is 2. The molecule has 1 aliphatic heterocycles. The van der Waals surface area contributed by atoms with Gasteiger partial charge in [-0.3, -0.25) is 19.3 Å². The molecule has 2 aliphatic rings. The number of carbonyl (C=O) groups excluding carboxylic acids is 3. The Morgan fingerprint density at radius 2 is 1.95 bits per heavy atom. The molecule has 2 N–H and O–H groups in total. The molecule has 2 fully saturated rings. The molecule has 4 rings (SSSR count). The highest BCUT2D eigenvalue weighted by Gasteiger charge is 2.39. The van der Waals surface area contributed by atoms with E-state index in [9.17, 15) is 36.3 Å².